The lowest BCUT2D eigenvalue weighted by molar-refractivity contribution is -0.157. The molecule has 1 N–H and O–H groups in total. The summed E-state index contributed by atoms with van der Waals surface area (Å²) in [5, 5.41) is 1.12. The van der Waals surface area contributed by atoms with Gasteiger partial charge in [-0.05, 0) is 29.3 Å². The molecule has 1 unspecified atom stereocenters. The summed E-state index contributed by atoms with van der Waals surface area (Å²) in [5.74, 6) is -0.433. The zero-order valence-corrected chi connectivity index (χ0v) is 15.5. The third kappa shape index (κ3) is 2.52. The zero-order valence-electron chi connectivity index (χ0n) is 15.5. The Labute approximate surface area is 161 Å². The van der Waals surface area contributed by atoms with Crippen molar-refractivity contribution in [3.63, 3.8) is 0 Å². The van der Waals surface area contributed by atoms with E-state index < -0.39 is 6.04 Å². The molecule has 1 saturated heterocycles. The number of H-pyrrole nitrogens is 1. The molecule has 3 heterocycles. The molecule has 28 heavy (non-hydrogen) atoms. The van der Waals surface area contributed by atoms with Crippen LogP contribution in [0.25, 0.3) is 10.9 Å². The first kappa shape index (κ1) is 17.0. The van der Waals surface area contributed by atoms with Gasteiger partial charge in [-0.2, -0.15) is 0 Å². The van der Waals surface area contributed by atoms with Crippen molar-refractivity contribution in [1.82, 2.24) is 14.8 Å². The van der Waals surface area contributed by atoms with Gasteiger partial charge in [0, 0.05) is 43.0 Å². The fourth-order valence-corrected chi connectivity index (χ4v) is 4.66. The molecule has 5 nitrogen and oxygen atoms in total. The number of halogens is 1. The van der Waals surface area contributed by atoms with Crippen molar-refractivity contribution in [2.75, 3.05) is 6.54 Å². The molecule has 2 atom stereocenters. The highest BCUT2D eigenvalue weighted by atomic mass is 19.1. The lowest BCUT2D eigenvalue weighted by Gasteiger charge is -2.48. The molecule has 2 aliphatic heterocycles. The molecule has 1 aromatic heterocycles. The van der Waals surface area contributed by atoms with Crippen LogP contribution in [0, 0.1) is 5.82 Å². The van der Waals surface area contributed by atoms with Crippen molar-refractivity contribution >= 4 is 22.7 Å². The monoisotopic (exact) mass is 377 g/mol. The highest BCUT2D eigenvalue weighted by Crippen LogP contribution is 2.41. The molecule has 6 heteroatoms. The highest BCUT2D eigenvalue weighted by molar-refractivity contribution is 5.93. The summed E-state index contributed by atoms with van der Waals surface area (Å²) in [7, 11) is 0. The van der Waals surface area contributed by atoms with Crippen LogP contribution in [-0.2, 0) is 22.6 Å². The second-order valence-electron chi connectivity index (χ2n) is 7.57. The van der Waals surface area contributed by atoms with Crippen molar-refractivity contribution in [2.45, 2.75) is 32.0 Å². The van der Waals surface area contributed by atoms with E-state index in [0.29, 0.717) is 19.5 Å². The number of fused-ring (bicyclic) bond motifs is 6. The van der Waals surface area contributed by atoms with E-state index in [1.54, 1.807) is 21.9 Å². The predicted molar refractivity (Wildman–Crippen MR) is 103 cm³/mol. The van der Waals surface area contributed by atoms with Crippen LogP contribution < -0.4 is 0 Å². The molecule has 2 bridgehead atoms. The first-order chi connectivity index (χ1) is 13.5. The number of nitrogens with zero attached hydrogens (tertiary/aromatic N) is 2. The fourth-order valence-electron chi connectivity index (χ4n) is 4.66. The van der Waals surface area contributed by atoms with Gasteiger partial charge in [0.25, 0.3) is 0 Å². The minimum Gasteiger partial charge on any atom is -0.356 e. The van der Waals surface area contributed by atoms with Crippen LogP contribution in [0.5, 0.6) is 0 Å². The van der Waals surface area contributed by atoms with Gasteiger partial charge in [-0.3, -0.25) is 9.59 Å². The van der Waals surface area contributed by atoms with E-state index >= 15 is 0 Å². The number of hydrogen-bond acceptors (Lipinski definition) is 2. The molecule has 0 radical (unpaired) electrons. The minimum absolute atomic E-state index is 0.0493. The fraction of sp³-hybridized carbons (Fsp3) is 0.273. The number of piperazine rings is 1. The summed E-state index contributed by atoms with van der Waals surface area (Å²) in [4.78, 5) is 32.6. The summed E-state index contributed by atoms with van der Waals surface area (Å²) < 4.78 is 13.2. The van der Waals surface area contributed by atoms with Crippen LogP contribution in [0.15, 0.2) is 48.5 Å². The second-order valence-corrected chi connectivity index (χ2v) is 7.57. The van der Waals surface area contributed by atoms with Gasteiger partial charge in [0.2, 0.25) is 11.8 Å². The third-order valence-corrected chi connectivity index (χ3v) is 5.89. The van der Waals surface area contributed by atoms with E-state index in [-0.39, 0.29) is 23.7 Å². The first-order valence-electron chi connectivity index (χ1n) is 9.44. The summed E-state index contributed by atoms with van der Waals surface area (Å²) in [6, 6.07) is 13.6. The van der Waals surface area contributed by atoms with Gasteiger partial charge in [0.1, 0.15) is 11.9 Å². The van der Waals surface area contributed by atoms with Gasteiger partial charge >= 0.3 is 0 Å². The molecular weight excluding hydrogens is 357 g/mol. The largest absolute Gasteiger partial charge is 0.356 e. The Morgan fingerprint density at radius 2 is 1.89 bits per heavy atom. The lowest BCUT2D eigenvalue weighted by atomic mass is 9.87. The number of para-hydroxylation sites is 1. The van der Waals surface area contributed by atoms with Crippen LogP contribution in [0.4, 0.5) is 4.39 Å². The number of rotatable bonds is 2. The predicted octanol–water partition coefficient (Wildman–Crippen LogP) is 3.16. The van der Waals surface area contributed by atoms with Crippen LogP contribution in [0.3, 0.4) is 0 Å². The van der Waals surface area contributed by atoms with Crippen LogP contribution in [0.1, 0.15) is 29.8 Å². The molecule has 3 aromatic rings. The Bertz CT molecular complexity index is 1090. The van der Waals surface area contributed by atoms with E-state index in [2.05, 4.69) is 11.1 Å². The van der Waals surface area contributed by atoms with Gasteiger partial charge in [-0.15, -0.1) is 0 Å². The number of benzene rings is 2. The number of aromatic nitrogens is 1. The second kappa shape index (κ2) is 6.19. The van der Waals surface area contributed by atoms with Crippen LogP contribution in [-0.4, -0.2) is 39.2 Å². The highest BCUT2D eigenvalue weighted by Gasteiger charge is 2.47. The number of amides is 2. The van der Waals surface area contributed by atoms with E-state index in [9.17, 15) is 14.0 Å². The van der Waals surface area contributed by atoms with Gasteiger partial charge < -0.3 is 14.8 Å². The third-order valence-electron chi connectivity index (χ3n) is 5.89. The minimum atomic E-state index is -0.497. The van der Waals surface area contributed by atoms with Crippen molar-refractivity contribution in [3.05, 3.63) is 71.2 Å². The Balaban J connectivity index is 1.55. The smallest absolute Gasteiger partial charge is 0.246 e. The van der Waals surface area contributed by atoms with Crippen molar-refractivity contribution in [1.29, 1.82) is 0 Å². The van der Waals surface area contributed by atoms with Gasteiger partial charge in [-0.25, -0.2) is 4.39 Å². The molecule has 142 valence electrons. The summed E-state index contributed by atoms with van der Waals surface area (Å²) in [6.07, 6.45) is 0.508. The van der Waals surface area contributed by atoms with Crippen molar-refractivity contribution in [3.8, 4) is 0 Å². The molecule has 1 fully saturated rings. The molecule has 2 aliphatic rings. The Hall–Kier alpha value is -3.15. The molecule has 0 saturated carbocycles. The maximum atomic E-state index is 13.2. The molecule has 0 aliphatic carbocycles. The van der Waals surface area contributed by atoms with E-state index in [0.717, 1.165) is 27.7 Å². The summed E-state index contributed by atoms with van der Waals surface area (Å²) in [6.45, 7) is 2.36. The Morgan fingerprint density at radius 3 is 2.64 bits per heavy atom. The number of nitrogens with one attached hydrogen (secondary N) is 1. The van der Waals surface area contributed by atoms with Gasteiger partial charge in [0.15, 0.2) is 0 Å². The van der Waals surface area contributed by atoms with Crippen LogP contribution >= 0.6 is 0 Å². The average molecular weight is 377 g/mol. The van der Waals surface area contributed by atoms with Gasteiger partial charge in [-0.1, -0.05) is 30.3 Å². The quantitative estimate of drug-likeness (QED) is 0.746. The molecule has 5 rings (SSSR count). The molecule has 0 spiro atoms. The van der Waals surface area contributed by atoms with E-state index in [1.807, 2.05) is 18.2 Å². The van der Waals surface area contributed by atoms with E-state index in [4.69, 9.17) is 0 Å². The maximum absolute atomic E-state index is 13.2. The van der Waals surface area contributed by atoms with Crippen molar-refractivity contribution < 1.29 is 14.0 Å². The van der Waals surface area contributed by atoms with Crippen LogP contribution in [0.2, 0.25) is 0 Å². The number of carbonyl (C=O) groups excluding carboxylic acids is 2. The standard InChI is InChI=1S/C22H20FN3O2/c1-13(27)26-19-10-17-16-4-2-3-5-18(16)24-21(17)20(26)12-25(22(19)28)11-14-6-8-15(23)9-7-14/h2-9,19-20,24H,10-12H2,1H3/t19?,20-/m1/s1. The topological polar surface area (TPSA) is 56.4 Å². The molecule has 2 amide bonds. The normalized spacial score (nSPS) is 21.1. The number of aromatic amines is 1. The van der Waals surface area contributed by atoms with E-state index in [1.165, 1.54) is 19.1 Å². The Kier molecular flexibility index (Phi) is 3.75. The molecule has 2 aromatic carbocycles. The Morgan fingerprint density at radius 1 is 1.14 bits per heavy atom. The molecular formula is C22H20FN3O2. The summed E-state index contributed by atoms with van der Waals surface area (Å²) in [5.41, 5.74) is 4.06. The first-order valence-corrected chi connectivity index (χ1v) is 9.44. The summed E-state index contributed by atoms with van der Waals surface area (Å²) >= 11 is 0. The lowest BCUT2D eigenvalue weighted by Crippen LogP contribution is -2.62. The zero-order chi connectivity index (χ0) is 19.4. The number of carbonyl (C=O) groups is 2. The average Bonchev–Trinajstić information content (AvgIpc) is 3.06. The maximum Gasteiger partial charge on any atom is 0.246 e. The number of hydrogen-bond donors (Lipinski definition) is 1. The SMILES string of the molecule is CC(=O)N1C2Cc3c([nH]c4ccccc34)[C@H]1CN(Cc1ccc(F)cc1)C2=O. The van der Waals surface area contributed by atoms with Crippen molar-refractivity contribution in [2.24, 2.45) is 0 Å². The van der Waals surface area contributed by atoms with Gasteiger partial charge in [0.05, 0.1) is 6.04 Å².